The van der Waals surface area contributed by atoms with Gasteiger partial charge >= 0.3 is 0 Å². The molecule has 4 nitrogen and oxygen atoms in total. The summed E-state index contributed by atoms with van der Waals surface area (Å²) in [6.07, 6.45) is 1.64. The fraction of sp³-hybridized carbons (Fsp3) is 0.284. The van der Waals surface area contributed by atoms with Crippen LogP contribution < -0.4 is 0 Å². The first kappa shape index (κ1) is 38.3. The Kier molecular flexibility index (Phi) is 10.6. The van der Waals surface area contributed by atoms with Gasteiger partial charge in [-0.2, -0.15) is 0 Å². The molecule has 5 heteroatoms. The number of para-hydroxylation sites is 1. The number of aryl methyl sites for hydroxylation is 1. The molecule has 0 atom stereocenters. The summed E-state index contributed by atoms with van der Waals surface area (Å²) in [5.74, 6) is 0.499. The molecule has 0 saturated heterocycles. The van der Waals surface area contributed by atoms with E-state index in [0.29, 0.717) is 67.2 Å². The summed E-state index contributed by atoms with van der Waals surface area (Å²) >= 11 is 0. The molecule has 0 fully saturated rings. The minimum atomic E-state index is -3.40. The standard InChI is InChI=1S/C67H70N3O.Pt/c1-41(2)48-37-55(42(3)4)63(71)58(38-48)64-69-62-54(49-34-50(36-53(35-49)67(12,13)14)59-39-47(31-32-68-59)44-23-27-51(28-24-44)65(6,7)8)21-18-22-60(62)70(64)61-33-43(5)56(45-19-16-15-17-20-45)40-57(61)46-25-29-52(30-26-46)66(9,10)11;/h15-33,35-42,71H,1-14H3;/q-1;/i5D3,6D3,7D3,8D3;. The average molecular weight is 1140 g/mol. The maximum Gasteiger partial charge on any atom is 0.148 e. The Hall–Kier alpha value is -6.35. The Balaban J connectivity index is 0.00000920. The number of imidazole rings is 1. The van der Waals surface area contributed by atoms with Crippen LogP contribution in [0.5, 0.6) is 5.75 Å². The molecule has 0 aliphatic carbocycles. The van der Waals surface area contributed by atoms with Gasteiger partial charge in [-0.3, -0.25) is 9.55 Å². The zero-order valence-electron chi connectivity index (χ0n) is 54.7. The number of rotatable bonds is 9. The molecule has 0 aliphatic heterocycles. The number of pyridine rings is 1. The predicted molar refractivity (Wildman–Crippen MR) is 301 cm³/mol. The van der Waals surface area contributed by atoms with Crippen molar-refractivity contribution in [1.29, 1.82) is 0 Å². The molecule has 370 valence electrons. The van der Waals surface area contributed by atoms with Gasteiger partial charge in [-0.1, -0.05) is 204 Å². The van der Waals surface area contributed by atoms with Gasteiger partial charge in [-0.25, -0.2) is 4.98 Å². The molecular weight excluding hydrogens is 1060 g/mol. The molecule has 0 bridgehead atoms. The minimum absolute atomic E-state index is 0. The van der Waals surface area contributed by atoms with E-state index in [2.05, 4.69) is 97.9 Å². The van der Waals surface area contributed by atoms with E-state index in [9.17, 15) is 5.11 Å². The van der Waals surface area contributed by atoms with Crippen LogP contribution in [0, 0.1) is 12.9 Å². The minimum Gasteiger partial charge on any atom is -0.507 e. The maximum atomic E-state index is 12.6. The summed E-state index contributed by atoms with van der Waals surface area (Å²) in [6.45, 7) is 8.37. The predicted octanol–water partition coefficient (Wildman–Crippen LogP) is 18.4. The van der Waals surface area contributed by atoms with Crippen molar-refractivity contribution in [2.45, 2.75) is 125 Å². The van der Waals surface area contributed by atoms with Crippen molar-refractivity contribution in [2.75, 3.05) is 0 Å². The number of nitrogens with zero attached hydrogens (tertiary/aromatic N) is 3. The number of benzene rings is 7. The van der Waals surface area contributed by atoms with E-state index in [0.717, 1.165) is 38.9 Å². The summed E-state index contributed by atoms with van der Waals surface area (Å²) in [5, 5.41) is 12.6. The number of aromatic hydroxyl groups is 1. The van der Waals surface area contributed by atoms with E-state index < -0.39 is 38.2 Å². The molecule has 0 spiro atoms. The summed E-state index contributed by atoms with van der Waals surface area (Å²) in [5.41, 5.74) is 8.91. The van der Waals surface area contributed by atoms with Crippen LogP contribution in [0.2, 0.25) is 0 Å². The molecule has 0 amide bonds. The van der Waals surface area contributed by atoms with Gasteiger partial charge in [-0.05, 0) is 121 Å². The smallest absolute Gasteiger partial charge is 0.148 e. The quantitative estimate of drug-likeness (QED) is 0.147. The van der Waals surface area contributed by atoms with Gasteiger partial charge in [0.25, 0.3) is 0 Å². The van der Waals surface area contributed by atoms with Crippen molar-refractivity contribution in [3.05, 3.63) is 191 Å². The first-order chi connectivity index (χ1) is 38.5. The van der Waals surface area contributed by atoms with E-state index in [4.69, 9.17) is 26.4 Å². The van der Waals surface area contributed by atoms with Crippen molar-refractivity contribution in [2.24, 2.45) is 0 Å². The maximum absolute atomic E-state index is 12.6. The van der Waals surface area contributed by atoms with Crippen molar-refractivity contribution in [1.82, 2.24) is 14.5 Å². The number of fused-ring (bicyclic) bond motifs is 1. The largest absolute Gasteiger partial charge is 0.507 e. The van der Waals surface area contributed by atoms with Crippen molar-refractivity contribution < 1.29 is 42.6 Å². The van der Waals surface area contributed by atoms with Crippen molar-refractivity contribution >= 4 is 11.0 Å². The van der Waals surface area contributed by atoms with Crippen LogP contribution in [-0.2, 0) is 37.3 Å². The molecule has 0 radical (unpaired) electrons. The van der Waals surface area contributed by atoms with E-state index >= 15 is 0 Å². The molecule has 9 rings (SSSR count). The topological polar surface area (TPSA) is 50.9 Å². The Labute approximate surface area is 460 Å². The molecular formula is C67H70N3OPt-. The van der Waals surface area contributed by atoms with Crippen LogP contribution in [0.15, 0.2) is 152 Å². The third-order valence-electron chi connectivity index (χ3n) is 13.6. The molecule has 9 aromatic rings. The zero-order chi connectivity index (χ0) is 60.7. The fourth-order valence-electron chi connectivity index (χ4n) is 9.33. The van der Waals surface area contributed by atoms with Crippen LogP contribution in [0.1, 0.15) is 151 Å². The molecule has 7 aromatic carbocycles. The molecule has 0 aliphatic rings. The van der Waals surface area contributed by atoms with Crippen LogP contribution in [-0.4, -0.2) is 19.6 Å². The molecule has 72 heavy (non-hydrogen) atoms. The van der Waals surface area contributed by atoms with Gasteiger partial charge < -0.3 is 5.11 Å². The van der Waals surface area contributed by atoms with Crippen LogP contribution in [0.4, 0.5) is 0 Å². The third-order valence-corrected chi connectivity index (χ3v) is 13.6. The summed E-state index contributed by atoms with van der Waals surface area (Å²) in [4.78, 5) is 10.4. The molecule has 0 unspecified atom stereocenters. The summed E-state index contributed by atoms with van der Waals surface area (Å²) in [7, 11) is 0. The molecule has 0 saturated carbocycles. The second-order valence-corrected chi connectivity index (χ2v) is 21.6. The molecule has 1 N–H and O–H groups in total. The Bertz CT molecular complexity index is 3840. The second-order valence-electron chi connectivity index (χ2n) is 21.6. The van der Waals surface area contributed by atoms with Crippen LogP contribution in [0.25, 0.3) is 83.9 Å². The molecule has 2 heterocycles. The van der Waals surface area contributed by atoms with Gasteiger partial charge in [0.05, 0.1) is 22.3 Å². The number of phenolic OH excluding ortho intramolecular Hbond substituents is 1. The summed E-state index contributed by atoms with van der Waals surface area (Å²) < 4.78 is 103. The van der Waals surface area contributed by atoms with Crippen LogP contribution in [0.3, 0.4) is 0 Å². The Morgan fingerprint density at radius 2 is 1.19 bits per heavy atom. The van der Waals surface area contributed by atoms with E-state index in [-0.39, 0.29) is 55.2 Å². The number of hydrogen-bond acceptors (Lipinski definition) is 3. The Morgan fingerprint density at radius 1 is 0.556 bits per heavy atom. The molecule has 2 aromatic heterocycles. The first-order valence-electron chi connectivity index (χ1n) is 30.4. The van der Waals surface area contributed by atoms with E-state index in [1.807, 2.05) is 91.2 Å². The number of hydrogen-bond donors (Lipinski definition) is 1. The van der Waals surface area contributed by atoms with Gasteiger partial charge in [-0.15, -0.1) is 29.3 Å². The van der Waals surface area contributed by atoms with Gasteiger partial charge in [0.1, 0.15) is 11.6 Å². The Morgan fingerprint density at radius 3 is 1.82 bits per heavy atom. The number of aromatic nitrogens is 3. The summed E-state index contributed by atoms with van der Waals surface area (Å²) in [6, 6.07) is 48.7. The SMILES string of the molecule is [2H]C([2H])([2H])c1cc(-n2c(-c3cc(C(C)C)cc(C(C)C)c3O)nc3c(-c4[c-]c(-c5cc(-c6ccc(C(C([2H])([2H])[2H])(C([2H])([2H])[2H])C([2H])([2H])[2H])cc6)ccn5)cc(C(C)(C)C)c4)cccc32)c(-c2ccc(C(C)(C)C)cc2)cc1-c1ccccc1.[Pt]. The van der Waals surface area contributed by atoms with Crippen molar-refractivity contribution in [3.63, 3.8) is 0 Å². The zero-order valence-corrected chi connectivity index (χ0v) is 45.0. The van der Waals surface area contributed by atoms with E-state index in [1.54, 1.807) is 18.3 Å². The normalized spacial score (nSPS) is 15.4. The van der Waals surface area contributed by atoms with Gasteiger partial charge in [0, 0.05) is 55.0 Å². The van der Waals surface area contributed by atoms with E-state index in [1.165, 1.54) is 24.3 Å². The van der Waals surface area contributed by atoms with Gasteiger partial charge in [0.15, 0.2) is 0 Å². The first-order valence-corrected chi connectivity index (χ1v) is 24.4. The number of phenols is 1. The fourth-order valence-corrected chi connectivity index (χ4v) is 9.33. The van der Waals surface area contributed by atoms with Crippen molar-refractivity contribution in [3.8, 4) is 78.6 Å². The van der Waals surface area contributed by atoms with Crippen LogP contribution >= 0.6 is 0 Å². The third kappa shape index (κ3) is 10.3. The van der Waals surface area contributed by atoms with Gasteiger partial charge in [0.2, 0.25) is 0 Å². The average Bonchev–Trinajstić information content (AvgIpc) is 0.960. The monoisotopic (exact) mass is 1140 g/mol. The second kappa shape index (κ2) is 19.9.